The molecule has 3 heterocycles. The van der Waals surface area contributed by atoms with Gasteiger partial charge in [0.1, 0.15) is 39.8 Å². The molecule has 2 fully saturated rings. The van der Waals surface area contributed by atoms with Gasteiger partial charge in [0, 0.05) is 43.5 Å². The van der Waals surface area contributed by atoms with Crippen molar-refractivity contribution in [1.29, 1.82) is 0 Å². The van der Waals surface area contributed by atoms with Crippen LogP contribution in [-0.2, 0) is 15.9 Å². The fourth-order valence-corrected chi connectivity index (χ4v) is 8.60. The van der Waals surface area contributed by atoms with Gasteiger partial charge in [-0.05, 0) is 103 Å². The number of ether oxygens (including phenoxy) is 3. The van der Waals surface area contributed by atoms with Gasteiger partial charge in [0.15, 0.2) is 0 Å². The average Bonchev–Trinajstić information content (AvgIpc) is 3.47. The van der Waals surface area contributed by atoms with E-state index in [0.717, 1.165) is 52.9 Å². The SMILES string of the molecule is CC(C)(C)OC(=O)N(CCCN(C(=O)OC(C)(C)C)[C@@H]1CC12CC[C@H](n1cc(-c3nc(Oc4ccccc4)cs3)c3c(N)ncnc31)C2)CCc1ccccc1. The third-order valence-electron chi connectivity index (χ3n) is 10.5. The topological polar surface area (TPSA) is 138 Å². The maximum absolute atomic E-state index is 13.9. The molecule has 0 radical (unpaired) electrons. The summed E-state index contributed by atoms with van der Waals surface area (Å²) in [4.78, 5) is 44.8. The van der Waals surface area contributed by atoms with E-state index in [-0.39, 0.29) is 29.7 Å². The number of fused-ring (bicyclic) bond motifs is 1. The van der Waals surface area contributed by atoms with Crippen LogP contribution in [0.3, 0.4) is 0 Å². The lowest BCUT2D eigenvalue weighted by molar-refractivity contribution is 0.0175. The molecule has 13 heteroatoms. The standard InChI is InChI=1S/C43H53N7O5S/c1-41(2,3)54-39(51)48(23-19-29-14-9-7-10-15-29)21-13-22-49(40(52)55-42(4,5)6)33-25-43(33)20-18-30(24-43)50-26-32(35-36(44)45-28-46-37(35)50)38-47-34(27-56-38)53-31-16-11-8-12-17-31/h7-12,14-17,26-28,30,33H,13,18-25H2,1-6H3,(H2,44,45,46)/t30-,33+,43?/m0/s1. The zero-order valence-electron chi connectivity index (χ0n) is 33.2. The first-order chi connectivity index (χ1) is 26.7. The maximum Gasteiger partial charge on any atom is 0.410 e. The molecule has 2 aromatic carbocycles. The van der Waals surface area contributed by atoms with Crippen molar-refractivity contribution in [2.24, 2.45) is 5.41 Å². The van der Waals surface area contributed by atoms with Crippen LogP contribution in [0, 0.1) is 5.41 Å². The Kier molecular flexibility index (Phi) is 11.0. The summed E-state index contributed by atoms with van der Waals surface area (Å²) >= 11 is 1.49. The first-order valence-corrected chi connectivity index (χ1v) is 20.4. The molecule has 0 saturated heterocycles. The van der Waals surface area contributed by atoms with E-state index in [2.05, 4.69) is 27.9 Å². The number of nitrogen functional groups attached to an aromatic ring is 1. The summed E-state index contributed by atoms with van der Waals surface area (Å²) in [5.74, 6) is 1.64. The van der Waals surface area contributed by atoms with Gasteiger partial charge in [0.25, 0.3) is 0 Å². The summed E-state index contributed by atoms with van der Waals surface area (Å²) in [5, 5.41) is 3.45. The van der Waals surface area contributed by atoms with Gasteiger partial charge in [-0.25, -0.2) is 24.5 Å². The van der Waals surface area contributed by atoms with Crippen LogP contribution >= 0.6 is 11.3 Å². The van der Waals surface area contributed by atoms with Gasteiger partial charge in [-0.2, -0.15) is 0 Å². The van der Waals surface area contributed by atoms with E-state index in [9.17, 15) is 9.59 Å². The molecule has 1 unspecified atom stereocenters. The number of nitrogens with two attached hydrogens (primary N) is 1. The number of anilines is 1. The monoisotopic (exact) mass is 779 g/mol. The van der Waals surface area contributed by atoms with Crippen molar-refractivity contribution >= 4 is 40.4 Å². The number of hydrogen-bond acceptors (Lipinski definition) is 10. The second-order valence-electron chi connectivity index (χ2n) is 17.0. The molecule has 2 aliphatic carbocycles. The normalized spacial score (nSPS) is 19.2. The molecule has 56 heavy (non-hydrogen) atoms. The van der Waals surface area contributed by atoms with Crippen LogP contribution in [0.2, 0.25) is 0 Å². The Hall–Kier alpha value is -5.17. The lowest BCUT2D eigenvalue weighted by Crippen LogP contribution is -2.43. The highest BCUT2D eigenvalue weighted by atomic mass is 32.1. The van der Waals surface area contributed by atoms with Gasteiger partial charge in [-0.15, -0.1) is 11.3 Å². The summed E-state index contributed by atoms with van der Waals surface area (Å²) in [7, 11) is 0. The van der Waals surface area contributed by atoms with Crippen LogP contribution in [-0.4, -0.2) is 78.4 Å². The molecule has 3 aromatic heterocycles. The number of thiazole rings is 1. The molecule has 2 saturated carbocycles. The first-order valence-electron chi connectivity index (χ1n) is 19.5. The number of nitrogens with zero attached hydrogens (tertiary/aromatic N) is 6. The van der Waals surface area contributed by atoms with Gasteiger partial charge in [-0.1, -0.05) is 48.5 Å². The van der Waals surface area contributed by atoms with Gasteiger partial charge in [0.05, 0.1) is 10.8 Å². The molecule has 2 amide bonds. The molecule has 2 aliphatic rings. The molecule has 12 nitrogen and oxygen atoms in total. The van der Waals surface area contributed by atoms with Crippen LogP contribution < -0.4 is 10.5 Å². The fourth-order valence-electron chi connectivity index (χ4n) is 7.86. The highest BCUT2D eigenvalue weighted by Gasteiger charge is 2.61. The number of hydrogen-bond donors (Lipinski definition) is 1. The predicted molar refractivity (Wildman–Crippen MR) is 219 cm³/mol. The van der Waals surface area contributed by atoms with E-state index in [4.69, 9.17) is 29.9 Å². The van der Waals surface area contributed by atoms with Gasteiger partial charge in [-0.3, -0.25) is 0 Å². The number of carbonyl (C=O) groups excluding carboxylic acids is 2. The van der Waals surface area contributed by atoms with Crippen molar-refractivity contribution in [3.63, 3.8) is 0 Å². The minimum atomic E-state index is -0.643. The number of rotatable bonds is 12. The molecule has 296 valence electrons. The minimum absolute atomic E-state index is 0.0271. The van der Waals surface area contributed by atoms with E-state index < -0.39 is 11.2 Å². The number of benzene rings is 2. The Morgan fingerprint density at radius 2 is 1.61 bits per heavy atom. The molecule has 0 bridgehead atoms. The van der Waals surface area contributed by atoms with Crippen molar-refractivity contribution < 1.29 is 23.8 Å². The van der Waals surface area contributed by atoms with Crippen molar-refractivity contribution in [3.8, 4) is 22.2 Å². The van der Waals surface area contributed by atoms with E-state index in [1.165, 1.54) is 17.7 Å². The zero-order valence-corrected chi connectivity index (χ0v) is 34.1. The Morgan fingerprint density at radius 1 is 0.911 bits per heavy atom. The first kappa shape index (κ1) is 39.1. The van der Waals surface area contributed by atoms with Crippen molar-refractivity contribution in [2.75, 3.05) is 25.4 Å². The Bertz CT molecular complexity index is 2140. The number of carbonyl (C=O) groups is 2. The van der Waals surface area contributed by atoms with Gasteiger partial charge >= 0.3 is 12.2 Å². The van der Waals surface area contributed by atoms with Crippen LogP contribution in [0.1, 0.15) is 85.3 Å². The molecule has 3 atom stereocenters. The molecule has 0 aliphatic heterocycles. The molecule has 2 N–H and O–H groups in total. The second kappa shape index (κ2) is 15.8. The Labute approximate surface area is 333 Å². The van der Waals surface area contributed by atoms with Crippen LogP contribution in [0.15, 0.2) is 78.6 Å². The third kappa shape index (κ3) is 9.09. The quantitative estimate of drug-likeness (QED) is 0.131. The maximum atomic E-state index is 13.9. The molecular formula is C43H53N7O5S. The van der Waals surface area contributed by atoms with E-state index >= 15 is 0 Å². The summed E-state index contributed by atoms with van der Waals surface area (Å²) in [5.41, 5.74) is 7.99. The van der Waals surface area contributed by atoms with E-state index in [1.807, 2.05) is 100 Å². The Morgan fingerprint density at radius 3 is 2.32 bits per heavy atom. The molecule has 5 aromatic rings. The van der Waals surface area contributed by atoms with E-state index in [0.29, 0.717) is 49.9 Å². The Balaban J connectivity index is 1.07. The van der Waals surface area contributed by atoms with Gasteiger partial charge < -0.3 is 34.3 Å². The van der Waals surface area contributed by atoms with Crippen molar-refractivity contribution in [1.82, 2.24) is 29.3 Å². The minimum Gasteiger partial charge on any atom is -0.444 e. The average molecular weight is 780 g/mol. The predicted octanol–water partition coefficient (Wildman–Crippen LogP) is 9.52. The molecular weight excluding hydrogens is 727 g/mol. The second-order valence-corrected chi connectivity index (χ2v) is 17.9. The highest BCUT2D eigenvalue weighted by molar-refractivity contribution is 7.13. The van der Waals surface area contributed by atoms with Crippen molar-refractivity contribution in [2.45, 2.75) is 103 Å². The summed E-state index contributed by atoms with van der Waals surface area (Å²) in [6.45, 7) is 12.8. The largest absolute Gasteiger partial charge is 0.444 e. The molecule has 7 rings (SSSR count). The third-order valence-corrected chi connectivity index (χ3v) is 11.3. The number of para-hydroxylation sites is 1. The highest BCUT2D eigenvalue weighted by Crippen LogP contribution is 2.63. The van der Waals surface area contributed by atoms with Crippen molar-refractivity contribution in [3.05, 3.63) is 84.1 Å². The lowest BCUT2D eigenvalue weighted by atomic mass is 10.0. The molecule has 1 spiro atoms. The fraction of sp³-hybridized carbons (Fsp3) is 0.465. The summed E-state index contributed by atoms with van der Waals surface area (Å²) in [6.07, 6.45) is 7.92. The van der Waals surface area contributed by atoms with Gasteiger partial charge in [0.2, 0.25) is 5.88 Å². The zero-order chi connectivity index (χ0) is 39.7. The van der Waals surface area contributed by atoms with Crippen LogP contribution in [0.5, 0.6) is 11.6 Å². The number of amides is 2. The summed E-state index contributed by atoms with van der Waals surface area (Å²) in [6, 6.07) is 19.9. The van der Waals surface area contributed by atoms with E-state index in [1.54, 1.807) is 4.90 Å². The number of aromatic nitrogens is 4. The van der Waals surface area contributed by atoms with Crippen LogP contribution in [0.25, 0.3) is 21.6 Å². The van der Waals surface area contributed by atoms with Crippen LogP contribution in [0.4, 0.5) is 15.4 Å². The summed E-state index contributed by atoms with van der Waals surface area (Å²) < 4.78 is 20.0. The smallest absolute Gasteiger partial charge is 0.410 e. The lowest BCUT2D eigenvalue weighted by Gasteiger charge is -2.31.